The highest BCUT2D eigenvalue weighted by Gasteiger charge is 2.20. The average molecular weight is 311 g/mol. The Morgan fingerprint density at radius 3 is 2.57 bits per heavy atom. The first-order chi connectivity index (χ1) is 11.0. The summed E-state index contributed by atoms with van der Waals surface area (Å²) < 4.78 is 18.7. The van der Waals surface area contributed by atoms with Crippen LogP contribution in [0.5, 0.6) is 0 Å². The highest BCUT2D eigenvalue weighted by atomic mass is 19.1. The Morgan fingerprint density at radius 2 is 1.87 bits per heavy atom. The van der Waals surface area contributed by atoms with Crippen molar-refractivity contribution in [3.8, 4) is 0 Å². The first-order valence-electron chi connectivity index (χ1n) is 7.53. The Morgan fingerprint density at radius 1 is 1.17 bits per heavy atom. The number of benzene rings is 2. The van der Waals surface area contributed by atoms with Gasteiger partial charge in [0.2, 0.25) is 5.91 Å². The summed E-state index contributed by atoms with van der Waals surface area (Å²) in [6.07, 6.45) is 0.237. The van der Waals surface area contributed by atoms with Gasteiger partial charge in [-0.2, -0.15) is 0 Å². The van der Waals surface area contributed by atoms with Crippen LogP contribution in [0.2, 0.25) is 0 Å². The molecule has 0 aliphatic heterocycles. The maximum Gasteiger partial charge on any atom is 0.227 e. The monoisotopic (exact) mass is 311 g/mol. The van der Waals surface area contributed by atoms with Crippen molar-refractivity contribution in [1.82, 2.24) is 4.90 Å². The molecule has 1 aromatic heterocycles. The number of amides is 1. The third-order valence-electron chi connectivity index (χ3n) is 4.10. The lowest BCUT2D eigenvalue weighted by Gasteiger charge is -2.23. The summed E-state index contributed by atoms with van der Waals surface area (Å²) in [5, 5.41) is 1.02. The summed E-state index contributed by atoms with van der Waals surface area (Å²) in [5.74, 6) is 0.413. The quantitative estimate of drug-likeness (QED) is 0.718. The maximum absolute atomic E-state index is 12.9. The Balaban J connectivity index is 1.74. The van der Waals surface area contributed by atoms with E-state index >= 15 is 0 Å². The molecular formula is C19H18FNO2. The molecule has 3 rings (SSSR count). The van der Waals surface area contributed by atoms with Gasteiger partial charge < -0.3 is 9.32 Å². The molecule has 0 N–H and O–H groups in total. The van der Waals surface area contributed by atoms with E-state index in [1.807, 2.05) is 37.3 Å². The SMILES string of the molecule is CC(c1cc2ccccc2o1)N(C)C(=O)Cc1ccc(F)cc1. The van der Waals surface area contributed by atoms with Gasteiger partial charge in [0.15, 0.2) is 0 Å². The van der Waals surface area contributed by atoms with E-state index < -0.39 is 0 Å². The molecule has 1 unspecified atom stereocenters. The summed E-state index contributed by atoms with van der Waals surface area (Å²) in [6, 6.07) is 15.6. The summed E-state index contributed by atoms with van der Waals surface area (Å²) in [7, 11) is 1.75. The van der Waals surface area contributed by atoms with Crippen molar-refractivity contribution in [3.63, 3.8) is 0 Å². The minimum Gasteiger partial charge on any atom is -0.459 e. The van der Waals surface area contributed by atoms with E-state index in [4.69, 9.17) is 4.42 Å². The average Bonchev–Trinajstić information content (AvgIpc) is 2.99. The topological polar surface area (TPSA) is 33.5 Å². The van der Waals surface area contributed by atoms with E-state index in [9.17, 15) is 9.18 Å². The van der Waals surface area contributed by atoms with Gasteiger partial charge in [0, 0.05) is 12.4 Å². The molecule has 0 bridgehead atoms. The molecule has 3 aromatic rings. The molecule has 0 saturated heterocycles. The Kier molecular flexibility index (Phi) is 4.15. The summed E-state index contributed by atoms with van der Waals surface area (Å²) in [4.78, 5) is 14.1. The third-order valence-corrected chi connectivity index (χ3v) is 4.10. The molecular weight excluding hydrogens is 293 g/mol. The van der Waals surface area contributed by atoms with Gasteiger partial charge in [-0.15, -0.1) is 0 Å². The van der Waals surface area contributed by atoms with Gasteiger partial charge in [0.25, 0.3) is 0 Å². The van der Waals surface area contributed by atoms with Gasteiger partial charge in [-0.25, -0.2) is 4.39 Å². The molecule has 1 atom stereocenters. The first-order valence-corrected chi connectivity index (χ1v) is 7.53. The molecule has 3 nitrogen and oxygen atoms in total. The van der Waals surface area contributed by atoms with Crippen molar-refractivity contribution in [3.05, 3.63) is 71.7 Å². The second-order valence-corrected chi connectivity index (χ2v) is 5.67. The van der Waals surface area contributed by atoms with Crippen molar-refractivity contribution in [2.24, 2.45) is 0 Å². The molecule has 0 radical (unpaired) electrons. The predicted octanol–water partition coefficient (Wildman–Crippen LogP) is 4.33. The first kappa shape index (κ1) is 15.3. The molecule has 1 amide bonds. The zero-order chi connectivity index (χ0) is 16.4. The standard InChI is InChI=1S/C19H18FNO2/c1-13(18-12-15-5-3-4-6-17(15)23-18)21(2)19(22)11-14-7-9-16(20)10-8-14/h3-10,12-13H,11H2,1-2H3. The Labute approximate surface area is 134 Å². The normalized spacial score (nSPS) is 12.3. The van der Waals surface area contributed by atoms with Gasteiger partial charge in [-0.1, -0.05) is 30.3 Å². The van der Waals surface area contributed by atoms with Crippen molar-refractivity contribution in [2.75, 3.05) is 7.05 Å². The van der Waals surface area contributed by atoms with Crippen LogP contribution >= 0.6 is 0 Å². The minimum atomic E-state index is -0.301. The van der Waals surface area contributed by atoms with Gasteiger partial charge in [-0.3, -0.25) is 4.79 Å². The maximum atomic E-state index is 12.9. The number of rotatable bonds is 4. The molecule has 0 saturated carbocycles. The van der Waals surface area contributed by atoms with E-state index in [1.165, 1.54) is 12.1 Å². The van der Waals surface area contributed by atoms with Crippen LogP contribution in [0.15, 0.2) is 59.0 Å². The van der Waals surface area contributed by atoms with E-state index in [0.29, 0.717) is 0 Å². The van der Waals surface area contributed by atoms with E-state index in [2.05, 4.69) is 0 Å². The second-order valence-electron chi connectivity index (χ2n) is 5.67. The zero-order valence-corrected chi connectivity index (χ0v) is 13.1. The van der Waals surface area contributed by atoms with Crippen LogP contribution in [0.3, 0.4) is 0 Å². The smallest absolute Gasteiger partial charge is 0.227 e. The van der Waals surface area contributed by atoms with Crippen molar-refractivity contribution in [2.45, 2.75) is 19.4 Å². The van der Waals surface area contributed by atoms with E-state index in [0.717, 1.165) is 22.3 Å². The van der Waals surface area contributed by atoms with E-state index in [-0.39, 0.29) is 24.2 Å². The van der Waals surface area contributed by atoms with Crippen molar-refractivity contribution in [1.29, 1.82) is 0 Å². The minimum absolute atomic E-state index is 0.0374. The predicted molar refractivity (Wildman–Crippen MR) is 87.5 cm³/mol. The molecule has 0 aliphatic rings. The molecule has 0 aliphatic carbocycles. The van der Waals surface area contributed by atoms with Crippen LogP contribution in [0.1, 0.15) is 24.3 Å². The van der Waals surface area contributed by atoms with Crippen LogP contribution < -0.4 is 0 Å². The summed E-state index contributed by atoms with van der Waals surface area (Å²) in [6.45, 7) is 1.93. The molecule has 0 spiro atoms. The lowest BCUT2D eigenvalue weighted by atomic mass is 10.1. The van der Waals surface area contributed by atoms with Crippen molar-refractivity contribution >= 4 is 16.9 Å². The lowest BCUT2D eigenvalue weighted by Crippen LogP contribution is -2.30. The number of fused-ring (bicyclic) bond motifs is 1. The van der Waals surface area contributed by atoms with Crippen LogP contribution in [-0.2, 0) is 11.2 Å². The molecule has 1 heterocycles. The summed E-state index contributed by atoms with van der Waals surface area (Å²) in [5.41, 5.74) is 1.61. The Hall–Kier alpha value is -2.62. The van der Waals surface area contributed by atoms with Crippen LogP contribution in [0.25, 0.3) is 11.0 Å². The van der Waals surface area contributed by atoms with Crippen LogP contribution in [0.4, 0.5) is 4.39 Å². The molecule has 2 aromatic carbocycles. The fourth-order valence-corrected chi connectivity index (χ4v) is 2.52. The number of carbonyl (C=O) groups is 1. The highest BCUT2D eigenvalue weighted by molar-refractivity contribution is 5.80. The van der Waals surface area contributed by atoms with Crippen LogP contribution in [0, 0.1) is 5.82 Å². The summed E-state index contributed by atoms with van der Waals surface area (Å²) >= 11 is 0. The lowest BCUT2D eigenvalue weighted by molar-refractivity contribution is -0.131. The van der Waals surface area contributed by atoms with Crippen molar-refractivity contribution < 1.29 is 13.6 Å². The number of nitrogens with zero attached hydrogens (tertiary/aromatic N) is 1. The number of likely N-dealkylation sites (N-methyl/N-ethyl adjacent to an activating group) is 1. The van der Waals surface area contributed by atoms with E-state index in [1.54, 1.807) is 24.1 Å². The highest BCUT2D eigenvalue weighted by Crippen LogP contribution is 2.27. The number of furan rings is 1. The van der Waals surface area contributed by atoms with Gasteiger partial charge >= 0.3 is 0 Å². The number of hydrogen-bond acceptors (Lipinski definition) is 2. The number of para-hydroxylation sites is 1. The number of halogens is 1. The zero-order valence-electron chi connectivity index (χ0n) is 13.1. The Bertz CT molecular complexity index is 790. The fraction of sp³-hybridized carbons (Fsp3) is 0.211. The molecule has 4 heteroatoms. The molecule has 0 fully saturated rings. The molecule has 118 valence electrons. The number of hydrogen-bond donors (Lipinski definition) is 0. The van der Waals surface area contributed by atoms with Gasteiger partial charge in [-0.05, 0) is 36.8 Å². The van der Waals surface area contributed by atoms with Crippen LogP contribution in [-0.4, -0.2) is 17.9 Å². The molecule has 23 heavy (non-hydrogen) atoms. The van der Waals surface area contributed by atoms with Gasteiger partial charge in [0.1, 0.15) is 17.2 Å². The third kappa shape index (κ3) is 3.26. The largest absolute Gasteiger partial charge is 0.459 e. The van der Waals surface area contributed by atoms with Gasteiger partial charge in [0.05, 0.1) is 12.5 Å². The fourth-order valence-electron chi connectivity index (χ4n) is 2.52. The second kappa shape index (κ2) is 6.24. The number of carbonyl (C=O) groups excluding carboxylic acids is 1.